The molecular weight excluding hydrogens is 228 g/mol. The van der Waals surface area contributed by atoms with Gasteiger partial charge < -0.3 is 5.73 Å². The minimum absolute atomic E-state index is 0.00775. The highest BCUT2D eigenvalue weighted by molar-refractivity contribution is 6.20. The third kappa shape index (κ3) is 1.23. The number of anilines is 1. The van der Waals surface area contributed by atoms with E-state index in [1.54, 1.807) is 6.07 Å². The molecule has 0 saturated carbocycles. The Kier molecular flexibility index (Phi) is 1.95. The number of fused-ring (bicyclic) bond motifs is 3. The summed E-state index contributed by atoms with van der Waals surface area (Å²) in [7, 11) is 0. The lowest BCUT2D eigenvalue weighted by Gasteiger charge is -2.01. The second kappa shape index (κ2) is 3.37. The van der Waals surface area contributed by atoms with Gasteiger partial charge in [0.05, 0.1) is 0 Å². The number of ketones is 1. The van der Waals surface area contributed by atoms with Crippen LogP contribution in [0.1, 0.15) is 27.3 Å². The molecule has 5 nitrogen and oxygen atoms in total. The molecule has 0 spiro atoms. The van der Waals surface area contributed by atoms with Crippen LogP contribution in [-0.4, -0.2) is 15.8 Å². The number of nitriles is 1. The Morgan fingerprint density at radius 1 is 1.22 bits per heavy atom. The van der Waals surface area contributed by atoms with Gasteiger partial charge in [-0.1, -0.05) is 17.7 Å². The lowest BCUT2D eigenvalue weighted by molar-refractivity contribution is 0.103. The van der Waals surface area contributed by atoms with Gasteiger partial charge in [0, 0.05) is 11.1 Å². The molecule has 1 aromatic carbocycles. The molecule has 0 atom stereocenters. The Morgan fingerprint density at radius 2 is 2.00 bits per heavy atom. The third-order valence-electron chi connectivity index (χ3n) is 2.92. The summed E-state index contributed by atoms with van der Waals surface area (Å²) in [6.07, 6.45) is 0. The molecule has 0 aliphatic heterocycles. The highest BCUT2D eigenvalue weighted by Gasteiger charge is 2.30. The van der Waals surface area contributed by atoms with Gasteiger partial charge in [0.25, 0.3) is 0 Å². The Hall–Kier alpha value is -2.74. The first-order chi connectivity index (χ1) is 8.61. The standard InChI is InChI=1S/C13H8N4O/c1-6-2-3-7-8(4-6)10-11(12(7)18)16-9(5-14)13(15)17-10/h2-4H,1H3,(H2,15,17). The summed E-state index contributed by atoms with van der Waals surface area (Å²) in [4.78, 5) is 20.3. The van der Waals surface area contributed by atoms with Gasteiger partial charge in [0.15, 0.2) is 11.5 Å². The molecule has 18 heavy (non-hydrogen) atoms. The summed E-state index contributed by atoms with van der Waals surface area (Å²) < 4.78 is 0. The first-order valence-corrected chi connectivity index (χ1v) is 5.35. The molecule has 0 unspecified atom stereocenters. The number of carbonyl (C=O) groups is 1. The van der Waals surface area contributed by atoms with Crippen molar-refractivity contribution in [3.8, 4) is 17.3 Å². The number of nitrogens with two attached hydrogens (primary N) is 1. The maximum Gasteiger partial charge on any atom is 0.214 e. The van der Waals surface area contributed by atoms with Crippen LogP contribution in [0, 0.1) is 18.3 Å². The third-order valence-corrected chi connectivity index (χ3v) is 2.92. The molecule has 5 heteroatoms. The van der Waals surface area contributed by atoms with E-state index in [4.69, 9.17) is 11.0 Å². The van der Waals surface area contributed by atoms with E-state index in [0.29, 0.717) is 11.3 Å². The SMILES string of the molecule is Cc1ccc2c(c1)-c1nc(N)c(C#N)nc1C2=O. The van der Waals surface area contributed by atoms with Crippen molar-refractivity contribution in [2.75, 3.05) is 5.73 Å². The summed E-state index contributed by atoms with van der Waals surface area (Å²) in [6, 6.07) is 7.31. The van der Waals surface area contributed by atoms with Crippen molar-refractivity contribution in [2.24, 2.45) is 0 Å². The topological polar surface area (TPSA) is 92.7 Å². The second-order valence-corrected chi connectivity index (χ2v) is 4.14. The maximum absolute atomic E-state index is 12.1. The van der Waals surface area contributed by atoms with Gasteiger partial charge in [0.1, 0.15) is 17.5 Å². The normalized spacial score (nSPS) is 11.9. The summed E-state index contributed by atoms with van der Waals surface area (Å²) >= 11 is 0. The van der Waals surface area contributed by atoms with Gasteiger partial charge in [-0.3, -0.25) is 4.79 Å². The molecule has 2 aromatic rings. The van der Waals surface area contributed by atoms with Crippen LogP contribution in [0.3, 0.4) is 0 Å². The quantitative estimate of drug-likeness (QED) is 0.637. The Labute approximate surface area is 103 Å². The largest absolute Gasteiger partial charge is 0.381 e. The van der Waals surface area contributed by atoms with Crippen molar-refractivity contribution < 1.29 is 4.79 Å². The van der Waals surface area contributed by atoms with Gasteiger partial charge in [-0.2, -0.15) is 5.26 Å². The number of hydrogen-bond acceptors (Lipinski definition) is 5. The first kappa shape index (κ1) is 10.4. The molecule has 1 heterocycles. The van der Waals surface area contributed by atoms with Crippen molar-refractivity contribution in [2.45, 2.75) is 6.92 Å². The van der Waals surface area contributed by atoms with Gasteiger partial charge in [-0.25, -0.2) is 9.97 Å². The summed E-state index contributed by atoms with van der Waals surface area (Å²) in [5.41, 5.74) is 8.63. The number of aryl methyl sites for hydroxylation is 1. The van der Waals surface area contributed by atoms with E-state index in [1.165, 1.54) is 0 Å². The zero-order valence-corrected chi connectivity index (χ0v) is 9.56. The monoisotopic (exact) mass is 236 g/mol. The number of nitrogen functional groups attached to an aromatic ring is 1. The highest BCUT2D eigenvalue weighted by atomic mass is 16.1. The second-order valence-electron chi connectivity index (χ2n) is 4.14. The summed E-state index contributed by atoms with van der Waals surface area (Å²) in [5.74, 6) is -0.151. The number of carbonyl (C=O) groups excluding carboxylic acids is 1. The average Bonchev–Trinajstić information content (AvgIpc) is 2.61. The molecule has 2 N–H and O–H groups in total. The van der Waals surface area contributed by atoms with Crippen LogP contribution in [0.15, 0.2) is 18.2 Å². The van der Waals surface area contributed by atoms with Crippen LogP contribution in [0.4, 0.5) is 5.82 Å². The van der Waals surface area contributed by atoms with E-state index in [0.717, 1.165) is 11.1 Å². The maximum atomic E-state index is 12.1. The Balaban J connectivity index is 2.36. The van der Waals surface area contributed by atoms with Crippen molar-refractivity contribution in [3.05, 3.63) is 40.7 Å². The van der Waals surface area contributed by atoms with Crippen LogP contribution >= 0.6 is 0 Å². The molecular formula is C13H8N4O. The number of nitrogens with zero attached hydrogens (tertiary/aromatic N) is 3. The van der Waals surface area contributed by atoms with E-state index in [9.17, 15) is 4.79 Å². The van der Waals surface area contributed by atoms with Crippen molar-refractivity contribution in [3.63, 3.8) is 0 Å². The van der Waals surface area contributed by atoms with E-state index in [2.05, 4.69) is 9.97 Å². The molecule has 1 aromatic heterocycles. The lowest BCUT2D eigenvalue weighted by Crippen LogP contribution is -2.05. The molecule has 0 fully saturated rings. The van der Waals surface area contributed by atoms with Crippen LogP contribution in [0.25, 0.3) is 11.3 Å². The number of hydrogen-bond donors (Lipinski definition) is 1. The van der Waals surface area contributed by atoms with Crippen LogP contribution in [-0.2, 0) is 0 Å². The van der Waals surface area contributed by atoms with Crippen LogP contribution in [0.2, 0.25) is 0 Å². The summed E-state index contributed by atoms with van der Waals surface area (Å²) in [6.45, 7) is 1.93. The van der Waals surface area contributed by atoms with Crippen molar-refractivity contribution >= 4 is 11.6 Å². The molecule has 0 radical (unpaired) electrons. The van der Waals surface area contributed by atoms with E-state index in [1.807, 2.05) is 25.1 Å². The predicted molar refractivity (Wildman–Crippen MR) is 64.8 cm³/mol. The zero-order chi connectivity index (χ0) is 12.9. The molecule has 0 saturated heterocycles. The average molecular weight is 236 g/mol. The fraction of sp³-hybridized carbons (Fsp3) is 0.0769. The first-order valence-electron chi connectivity index (χ1n) is 5.35. The fourth-order valence-electron chi connectivity index (χ4n) is 2.06. The smallest absolute Gasteiger partial charge is 0.214 e. The van der Waals surface area contributed by atoms with Gasteiger partial charge in [-0.15, -0.1) is 0 Å². The van der Waals surface area contributed by atoms with E-state index < -0.39 is 0 Å². The molecule has 1 aliphatic rings. The minimum atomic E-state index is -0.205. The number of benzene rings is 1. The zero-order valence-electron chi connectivity index (χ0n) is 9.56. The Bertz CT molecular complexity index is 743. The molecule has 3 rings (SSSR count). The van der Waals surface area contributed by atoms with Crippen molar-refractivity contribution in [1.29, 1.82) is 5.26 Å². The number of rotatable bonds is 0. The molecule has 86 valence electrons. The predicted octanol–water partition coefficient (Wildman–Crippen LogP) is 1.45. The van der Waals surface area contributed by atoms with Gasteiger partial charge in [0.2, 0.25) is 5.78 Å². The highest BCUT2D eigenvalue weighted by Crippen LogP contribution is 2.35. The van der Waals surface area contributed by atoms with Gasteiger partial charge in [-0.05, 0) is 13.0 Å². The van der Waals surface area contributed by atoms with Crippen molar-refractivity contribution in [1.82, 2.24) is 9.97 Å². The van der Waals surface area contributed by atoms with Gasteiger partial charge >= 0.3 is 0 Å². The number of aromatic nitrogens is 2. The van der Waals surface area contributed by atoms with E-state index in [-0.39, 0.29) is 23.0 Å². The molecule has 0 amide bonds. The Morgan fingerprint density at radius 3 is 2.72 bits per heavy atom. The molecule has 0 bridgehead atoms. The minimum Gasteiger partial charge on any atom is -0.381 e. The van der Waals surface area contributed by atoms with Crippen LogP contribution in [0.5, 0.6) is 0 Å². The lowest BCUT2D eigenvalue weighted by atomic mass is 10.1. The fourth-order valence-corrected chi connectivity index (χ4v) is 2.06. The van der Waals surface area contributed by atoms with Crippen LogP contribution < -0.4 is 5.73 Å². The molecule has 1 aliphatic carbocycles. The summed E-state index contributed by atoms with van der Waals surface area (Å²) in [5, 5.41) is 8.85. The van der Waals surface area contributed by atoms with E-state index >= 15 is 0 Å².